The predicted octanol–water partition coefficient (Wildman–Crippen LogP) is 0.110. The van der Waals surface area contributed by atoms with Gasteiger partial charge < -0.3 is 20.9 Å². The molecule has 0 radical (unpaired) electrons. The standard InChI is InChI=1S/C13H22N2O4/c1-13(12(17)18)7-19-6-10(13)15-11(16)8-3-2-4-9(14)5-8/h8-10H,2-7,14H2,1H3,(H,15,16)(H,17,18). The zero-order valence-electron chi connectivity index (χ0n) is 11.2. The molecule has 2 rings (SSSR count). The molecule has 19 heavy (non-hydrogen) atoms. The van der Waals surface area contributed by atoms with Crippen LogP contribution < -0.4 is 11.1 Å². The summed E-state index contributed by atoms with van der Waals surface area (Å²) in [7, 11) is 0. The Bertz CT molecular complexity index is 374. The lowest BCUT2D eigenvalue weighted by Gasteiger charge is -2.30. The predicted molar refractivity (Wildman–Crippen MR) is 68.4 cm³/mol. The van der Waals surface area contributed by atoms with Crippen molar-refractivity contribution < 1.29 is 19.4 Å². The van der Waals surface area contributed by atoms with E-state index in [1.807, 2.05) is 0 Å². The second-order valence-electron chi connectivity index (χ2n) is 5.92. The fourth-order valence-electron chi connectivity index (χ4n) is 2.84. The highest BCUT2D eigenvalue weighted by molar-refractivity contribution is 5.82. The van der Waals surface area contributed by atoms with Crippen LogP contribution in [0.4, 0.5) is 0 Å². The molecule has 1 saturated heterocycles. The Morgan fingerprint density at radius 1 is 1.42 bits per heavy atom. The van der Waals surface area contributed by atoms with E-state index < -0.39 is 17.4 Å². The Morgan fingerprint density at radius 2 is 2.16 bits per heavy atom. The Balaban J connectivity index is 1.96. The van der Waals surface area contributed by atoms with Gasteiger partial charge in [0.05, 0.1) is 19.3 Å². The quantitative estimate of drug-likeness (QED) is 0.675. The number of nitrogens with two attached hydrogens (primary N) is 1. The van der Waals surface area contributed by atoms with E-state index in [-0.39, 0.29) is 31.1 Å². The SMILES string of the molecule is CC1(C(=O)O)COCC1NC(=O)C1CCCC(N)C1. The molecule has 0 spiro atoms. The van der Waals surface area contributed by atoms with E-state index in [0.29, 0.717) is 6.42 Å². The molecule has 4 unspecified atom stereocenters. The van der Waals surface area contributed by atoms with Gasteiger partial charge in [0.15, 0.2) is 0 Å². The van der Waals surface area contributed by atoms with Gasteiger partial charge in [0.25, 0.3) is 0 Å². The zero-order valence-corrected chi connectivity index (χ0v) is 11.2. The highest BCUT2D eigenvalue weighted by atomic mass is 16.5. The highest BCUT2D eigenvalue weighted by Gasteiger charge is 2.47. The Labute approximate surface area is 112 Å². The van der Waals surface area contributed by atoms with Gasteiger partial charge in [-0.15, -0.1) is 0 Å². The van der Waals surface area contributed by atoms with Gasteiger partial charge >= 0.3 is 5.97 Å². The number of carbonyl (C=O) groups is 2. The summed E-state index contributed by atoms with van der Waals surface area (Å²) in [5.74, 6) is -1.11. The molecule has 2 aliphatic rings. The third-order valence-corrected chi connectivity index (χ3v) is 4.35. The molecule has 1 aliphatic heterocycles. The first-order valence-corrected chi connectivity index (χ1v) is 6.80. The van der Waals surface area contributed by atoms with E-state index in [1.54, 1.807) is 6.92 Å². The largest absolute Gasteiger partial charge is 0.481 e. The van der Waals surface area contributed by atoms with E-state index in [0.717, 1.165) is 19.3 Å². The minimum atomic E-state index is -1.04. The van der Waals surface area contributed by atoms with Gasteiger partial charge in [0.2, 0.25) is 5.91 Å². The van der Waals surface area contributed by atoms with E-state index in [2.05, 4.69) is 5.32 Å². The Kier molecular flexibility index (Phi) is 4.10. The summed E-state index contributed by atoms with van der Waals surface area (Å²) in [4.78, 5) is 23.5. The van der Waals surface area contributed by atoms with Gasteiger partial charge in [-0.05, 0) is 26.2 Å². The highest BCUT2D eigenvalue weighted by Crippen LogP contribution is 2.30. The number of aliphatic carboxylic acids is 1. The Morgan fingerprint density at radius 3 is 2.79 bits per heavy atom. The van der Waals surface area contributed by atoms with Gasteiger partial charge in [-0.25, -0.2) is 0 Å². The summed E-state index contributed by atoms with van der Waals surface area (Å²) in [6.45, 7) is 2.00. The fraction of sp³-hybridized carbons (Fsp3) is 0.846. The molecule has 0 aromatic carbocycles. The van der Waals surface area contributed by atoms with Crippen LogP contribution in [0.1, 0.15) is 32.6 Å². The third-order valence-electron chi connectivity index (χ3n) is 4.35. The number of hydrogen-bond acceptors (Lipinski definition) is 4. The van der Waals surface area contributed by atoms with Crippen LogP contribution in [-0.4, -0.2) is 42.3 Å². The van der Waals surface area contributed by atoms with E-state index in [1.165, 1.54) is 0 Å². The molecule has 0 bridgehead atoms. The fourth-order valence-corrected chi connectivity index (χ4v) is 2.84. The number of carbonyl (C=O) groups excluding carboxylic acids is 1. The van der Waals surface area contributed by atoms with Crippen molar-refractivity contribution in [1.82, 2.24) is 5.32 Å². The van der Waals surface area contributed by atoms with Gasteiger partial charge in [-0.3, -0.25) is 9.59 Å². The lowest BCUT2D eigenvalue weighted by Crippen LogP contribution is -2.51. The second kappa shape index (κ2) is 5.46. The molecule has 6 nitrogen and oxygen atoms in total. The smallest absolute Gasteiger partial charge is 0.313 e. The van der Waals surface area contributed by atoms with Crippen LogP contribution in [-0.2, 0) is 14.3 Å². The number of rotatable bonds is 3. The lowest BCUT2D eigenvalue weighted by molar-refractivity contribution is -0.149. The summed E-state index contributed by atoms with van der Waals surface area (Å²) < 4.78 is 5.22. The van der Waals surface area contributed by atoms with Crippen LogP contribution in [0.2, 0.25) is 0 Å². The molecular formula is C13H22N2O4. The summed E-state index contributed by atoms with van der Waals surface area (Å²) >= 11 is 0. The van der Waals surface area contributed by atoms with Gasteiger partial charge in [0, 0.05) is 12.0 Å². The monoisotopic (exact) mass is 270 g/mol. The first-order chi connectivity index (χ1) is 8.93. The van der Waals surface area contributed by atoms with Crippen molar-refractivity contribution in [2.24, 2.45) is 17.1 Å². The van der Waals surface area contributed by atoms with Crippen molar-refractivity contribution in [1.29, 1.82) is 0 Å². The molecular weight excluding hydrogens is 248 g/mol. The number of carboxylic acids is 1. The van der Waals surface area contributed by atoms with Gasteiger partial charge in [0.1, 0.15) is 5.41 Å². The molecule has 6 heteroatoms. The molecule has 2 fully saturated rings. The minimum absolute atomic E-state index is 0.0789. The molecule has 1 aliphatic carbocycles. The second-order valence-corrected chi connectivity index (χ2v) is 5.92. The summed E-state index contributed by atoms with van der Waals surface area (Å²) in [6, 6.07) is -0.383. The summed E-state index contributed by atoms with van der Waals surface area (Å²) in [5, 5.41) is 12.1. The summed E-state index contributed by atoms with van der Waals surface area (Å²) in [6.07, 6.45) is 3.43. The van der Waals surface area contributed by atoms with E-state index in [9.17, 15) is 14.7 Å². The molecule has 4 atom stereocenters. The van der Waals surface area contributed by atoms with Crippen molar-refractivity contribution in [3.05, 3.63) is 0 Å². The molecule has 1 heterocycles. The molecule has 108 valence electrons. The normalized spacial score (nSPS) is 38.9. The van der Waals surface area contributed by atoms with Crippen molar-refractivity contribution in [2.45, 2.75) is 44.7 Å². The molecule has 0 aromatic heterocycles. The molecule has 4 N–H and O–H groups in total. The Hall–Kier alpha value is -1.14. The van der Waals surface area contributed by atoms with Crippen LogP contribution in [0, 0.1) is 11.3 Å². The summed E-state index contributed by atoms with van der Waals surface area (Å²) in [5.41, 5.74) is 4.84. The average molecular weight is 270 g/mol. The van der Waals surface area contributed by atoms with Crippen molar-refractivity contribution in [3.63, 3.8) is 0 Å². The maximum absolute atomic E-state index is 12.2. The number of ether oxygens (including phenoxy) is 1. The molecule has 1 amide bonds. The van der Waals surface area contributed by atoms with Crippen LogP contribution in [0.5, 0.6) is 0 Å². The number of amides is 1. The first kappa shape index (κ1) is 14.3. The minimum Gasteiger partial charge on any atom is -0.481 e. The van der Waals surface area contributed by atoms with E-state index in [4.69, 9.17) is 10.5 Å². The van der Waals surface area contributed by atoms with Crippen LogP contribution in [0.25, 0.3) is 0 Å². The van der Waals surface area contributed by atoms with Gasteiger partial charge in [-0.2, -0.15) is 0 Å². The maximum atomic E-state index is 12.2. The van der Waals surface area contributed by atoms with Crippen LogP contribution in [0.3, 0.4) is 0 Å². The average Bonchev–Trinajstić information content (AvgIpc) is 2.72. The lowest BCUT2D eigenvalue weighted by atomic mass is 9.83. The zero-order chi connectivity index (χ0) is 14.0. The first-order valence-electron chi connectivity index (χ1n) is 6.80. The van der Waals surface area contributed by atoms with Crippen LogP contribution >= 0.6 is 0 Å². The van der Waals surface area contributed by atoms with Crippen molar-refractivity contribution >= 4 is 11.9 Å². The number of carboxylic acid groups (broad SMARTS) is 1. The number of hydrogen-bond donors (Lipinski definition) is 3. The van der Waals surface area contributed by atoms with Crippen LogP contribution in [0.15, 0.2) is 0 Å². The maximum Gasteiger partial charge on any atom is 0.313 e. The topological polar surface area (TPSA) is 102 Å². The third kappa shape index (κ3) is 2.90. The molecule has 1 saturated carbocycles. The van der Waals surface area contributed by atoms with Gasteiger partial charge in [-0.1, -0.05) is 6.42 Å². The number of nitrogens with one attached hydrogen (secondary N) is 1. The van der Waals surface area contributed by atoms with Crippen molar-refractivity contribution in [2.75, 3.05) is 13.2 Å². The molecule has 0 aromatic rings. The van der Waals surface area contributed by atoms with Crippen molar-refractivity contribution in [3.8, 4) is 0 Å². The van der Waals surface area contributed by atoms with E-state index >= 15 is 0 Å².